The van der Waals surface area contributed by atoms with Gasteiger partial charge in [0, 0.05) is 16.5 Å². The van der Waals surface area contributed by atoms with Crippen molar-refractivity contribution in [3.63, 3.8) is 0 Å². The minimum atomic E-state index is -0.140. The summed E-state index contributed by atoms with van der Waals surface area (Å²) in [6.07, 6.45) is 4.51. The van der Waals surface area contributed by atoms with Crippen molar-refractivity contribution in [2.45, 2.75) is 37.0 Å². The SMILES string of the molecule is OC(Cc1cccs1)C1CCCCS1. The lowest BCUT2D eigenvalue weighted by Gasteiger charge is -2.25. The lowest BCUT2D eigenvalue weighted by Crippen LogP contribution is -2.27. The van der Waals surface area contributed by atoms with E-state index in [1.54, 1.807) is 11.3 Å². The van der Waals surface area contributed by atoms with Crippen LogP contribution in [-0.2, 0) is 6.42 Å². The van der Waals surface area contributed by atoms with E-state index in [0.717, 1.165) is 6.42 Å². The van der Waals surface area contributed by atoms with Crippen LogP contribution in [0.1, 0.15) is 24.1 Å². The predicted molar refractivity (Wildman–Crippen MR) is 64.1 cm³/mol. The van der Waals surface area contributed by atoms with Gasteiger partial charge in [-0.25, -0.2) is 0 Å². The highest BCUT2D eigenvalue weighted by molar-refractivity contribution is 8.00. The second-order valence-corrected chi connectivity index (χ2v) is 6.14. The molecule has 1 N–H and O–H groups in total. The van der Waals surface area contributed by atoms with Crippen LogP contribution in [-0.4, -0.2) is 22.2 Å². The van der Waals surface area contributed by atoms with Crippen LogP contribution in [0.5, 0.6) is 0 Å². The van der Waals surface area contributed by atoms with Crippen molar-refractivity contribution < 1.29 is 5.11 Å². The number of thioether (sulfide) groups is 1. The fraction of sp³-hybridized carbons (Fsp3) is 0.636. The Hall–Kier alpha value is 0.01000. The van der Waals surface area contributed by atoms with Crippen LogP contribution in [0.15, 0.2) is 17.5 Å². The van der Waals surface area contributed by atoms with Crippen molar-refractivity contribution in [3.05, 3.63) is 22.4 Å². The quantitative estimate of drug-likeness (QED) is 0.858. The van der Waals surface area contributed by atoms with Gasteiger partial charge in [0.15, 0.2) is 0 Å². The molecule has 1 aliphatic rings. The zero-order valence-corrected chi connectivity index (χ0v) is 9.82. The molecule has 0 bridgehead atoms. The van der Waals surface area contributed by atoms with E-state index >= 15 is 0 Å². The summed E-state index contributed by atoms with van der Waals surface area (Å²) in [7, 11) is 0. The van der Waals surface area contributed by atoms with Crippen molar-refractivity contribution in [3.8, 4) is 0 Å². The predicted octanol–water partition coefficient (Wildman–Crippen LogP) is 2.94. The first kappa shape index (κ1) is 10.5. The van der Waals surface area contributed by atoms with Crippen LogP contribution in [0.2, 0.25) is 0 Å². The first-order valence-corrected chi connectivity index (χ1v) is 7.11. The lowest BCUT2D eigenvalue weighted by atomic mass is 10.1. The summed E-state index contributed by atoms with van der Waals surface area (Å²) in [5.74, 6) is 1.23. The lowest BCUT2D eigenvalue weighted by molar-refractivity contribution is 0.167. The Morgan fingerprint density at radius 3 is 3.07 bits per heavy atom. The molecule has 0 spiro atoms. The minimum absolute atomic E-state index is 0.140. The fourth-order valence-corrected chi connectivity index (χ4v) is 3.92. The van der Waals surface area contributed by atoms with E-state index in [1.165, 1.54) is 29.9 Å². The summed E-state index contributed by atoms with van der Waals surface area (Å²) in [5.41, 5.74) is 0. The molecule has 14 heavy (non-hydrogen) atoms. The number of rotatable bonds is 3. The monoisotopic (exact) mass is 228 g/mol. The molecule has 2 heterocycles. The maximum absolute atomic E-state index is 10.0. The molecule has 1 fully saturated rings. The van der Waals surface area contributed by atoms with Crippen LogP contribution in [0.4, 0.5) is 0 Å². The van der Waals surface area contributed by atoms with Gasteiger partial charge in [-0.05, 0) is 30.0 Å². The standard InChI is InChI=1S/C11H16OS2/c12-10(8-9-4-3-7-13-9)11-5-1-2-6-14-11/h3-4,7,10-12H,1-2,5-6,8H2. The molecule has 2 unspecified atom stereocenters. The van der Waals surface area contributed by atoms with E-state index in [9.17, 15) is 5.11 Å². The Morgan fingerprint density at radius 2 is 2.43 bits per heavy atom. The van der Waals surface area contributed by atoms with Gasteiger partial charge in [0.2, 0.25) is 0 Å². The Labute approximate surface area is 93.5 Å². The van der Waals surface area contributed by atoms with Gasteiger partial charge in [-0.3, -0.25) is 0 Å². The van der Waals surface area contributed by atoms with Gasteiger partial charge in [0.25, 0.3) is 0 Å². The summed E-state index contributed by atoms with van der Waals surface area (Å²) in [5, 5.41) is 12.6. The molecule has 0 radical (unpaired) electrons. The molecular formula is C11H16OS2. The average molecular weight is 228 g/mol. The minimum Gasteiger partial charge on any atom is -0.392 e. The van der Waals surface area contributed by atoms with E-state index in [4.69, 9.17) is 0 Å². The Kier molecular flexibility index (Phi) is 3.90. The van der Waals surface area contributed by atoms with Gasteiger partial charge in [0.1, 0.15) is 0 Å². The summed E-state index contributed by atoms with van der Waals surface area (Å²) < 4.78 is 0. The second-order valence-electron chi connectivity index (χ2n) is 3.76. The zero-order chi connectivity index (χ0) is 9.80. The van der Waals surface area contributed by atoms with Gasteiger partial charge < -0.3 is 5.11 Å². The van der Waals surface area contributed by atoms with Gasteiger partial charge in [-0.15, -0.1) is 11.3 Å². The molecule has 2 atom stereocenters. The molecule has 1 saturated heterocycles. The van der Waals surface area contributed by atoms with Gasteiger partial charge in [0.05, 0.1) is 6.10 Å². The molecule has 0 saturated carbocycles. The fourth-order valence-electron chi connectivity index (χ4n) is 1.84. The highest BCUT2D eigenvalue weighted by atomic mass is 32.2. The molecule has 1 aromatic heterocycles. The maximum atomic E-state index is 10.0. The summed E-state index contributed by atoms with van der Waals surface area (Å²) in [4.78, 5) is 1.31. The third-order valence-corrected chi connectivity index (χ3v) is 5.04. The molecule has 2 rings (SSSR count). The Morgan fingerprint density at radius 1 is 1.50 bits per heavy atom. The van der Waals surface area contributed by atoms with Gasteiger partial charge >= 0.3 is 0 Å². The third-order valence-electron chi connectivity index (χ3n) is 2.63. The topological polar surface area (TPSA) is 20.2 Å². The molecule has 1 nitrogen and oxygen atoms in total. The van der Waals surface area contributed by atoms with Crippen molar-refractivity contribution in [2.24, 2.45) is 0 Å². The van der Waals surface area contributed by atoms with Crippen LogP contribution in [0.3, 0.4) is 0 Å². The van der Waals surface area contributed by atoms with E-state index < -0.39 is 0 Å². The van der Waals surface area contributed by atoms with Crippen molar-refractivity contribution in [1.82, 2.24) is 0 Å². The molecule has 3 heteroatoms. The van der Waals surface area contributed by atoms with Crippen LogP contribution in [0, 0.1) is 0 Å². The normalized spacial score (nSPS) is 24.8. The summed E-state index contributed by atoms with van der Waals surface area (Å²) >= 11 is 3.69. The third kappa shape index (κ3) is 2.75. The van der Waals surface area contributed by atoms with E-state index in [0.29, 0.717) is 5.25 Å². The van der Waals surface area contributed by atoms with Crippen LogP contribution in [0.25, 0.3) is 0 Å². The van der Waals surface area contributed by atoms with Crippen LogP contribution < -0.4 is 0 Å². The number of thiophene rings is 1. The first-order chi connectivity index (χ1) is 6.86. The van der Waals surface area contributed by atoms with Crippen molar-refractivity contribution >= 4 is 23.1 Å². The molecule has 0 aromatic carbocycles. The van der Waals surface area contributed by atoms with E-state index in [2.05, 4.69) is 17.5 Å². The molecule has 1 aromatic rings. The number of aliphatic hydroxyl groups is 1. The van der Waals surface area contributed by atoms with Crippen LogP contribution >= 0.6 is 23.1 Å². The molecular weight excluding hydrogens is 212 g/mol. The van der Waals surface area contributed by atoms with Gasteiger partial charge in [-0.2, -0.15) is 11.8 Å². The molecule has 0 aliphatic carbocycles. The summed E-state index contributed by atoms with van der Waals surface area (Å²) in [6.45, 7) is 0. The molecule has 1 aliphatic heterocycles. The summed E-state index contributed by atoms with van der Waals surface area (Å²) in [6, 6.07) is 4.17. The molecule has 0 amide bonds. The van der Waals surface area contributed by atoms with E-state index in [-0.39, 0.29) is 6.10 Å². The largest absolute Gasteiger partial charge is 0.392 e. The Balaban J connectivity index is 1.85. The molecule has 78 valence electrons. The number of hydrogen-bond acceptors (Lipinski definition) is 3. The smallest absolute Gasteiger partial charge is 0.0706 e. The van der Waals surface area contributed by atoms with Gasteiger partial charge in [-0.1, -0.05) is 12.5 Å². The number of hydrogen-bond donors (Lipinski definition) is 1. The van der Waals surface area contributed by atoms with Crippen molar-refractivity contribution in [2.75, 3.05) is 5.75 Å². The van der Waals surface area contributed by atoms with Crippen molar-refractivity contribution in [1.29, 1.82) is 0 Å². The average Bonchev–Trinajstić information content (AvgIpc) is 2.72. The number of aliphatic hydroxyl groups excluding tert-OH is 1. The Bertz CT molecular complexity index is 252. The highest BCUT2D eigenvalue weighted by Crippen LogP contribution is 2.29. The zero-order valence-electron chi connectivity index (χ0n) is 8.19. The van der Waals surface area contributed by atoms with E-state index in [1.807, 2.05) is 11.8 Å². The first-order valence-electron chi connectivity index (χ1n) is 5.18. The second kappa shape index (κ2) is 5.19. The maximum Gasteiger partial charge on any atom is 0.0706 e. The highest BCUT2D eigenvalue weighted by Gasteiger charge is 2.22.